The number of hydrogen-bond donors (Lipinski definition) is 2. The SMILES string of the molecule is CC(C)(C)NC(=O)c1ccccc1NC(=O)c1ccc(CN2CCc3ccccc3C2)cc1. The Kier molecular flexibility index (Phi) is 6.61. The van der Waals surface area contributed by atoms with E-state index in [1.165, 1.54) is 16.7 Å². The van der Waals surface area contributed by atoms with Gasteiger partial charge in [0.1, 0.15) is 0 Å². The van der Waals surface area contributed by atoms with Gasteiger partial charge in [-0.3, -0.25) is 14.5 Å². The van der Waals surface area contributed by atoms with E-state index in [1.807, 2.05) is 51.1 Å². The van der Waals surface area contributed by atoms with Gasteiger partial charge in [0.05, 0.1) is 11.3 Å². The normalized spacial score (nSPS) is 13.8. The first-order valence-corrected chi connectivity index (χ1v) is 11.4. The van der Waals surface area contributed by atoms with E-state index in [0.29, 0.717) is 16.8 Å². The largest absolute Gasteiger partial charge is 0.347 e. The highest BCUT2D eigenvalue weighted by atomic mass is 16.2. The summed E-state index contributed by atoms with van der Waals surface area (Å²) in [5.74, 6) is -0.443. The van der Waals surface area contributed by atoms with Crippen LogP contribution in [0.15, 0.2) is 72.8 Å². The Morgan fingerprint density at radius 3 is 2.24 bits per heavy atom. The molecule has 3 aromatic rings. The molecule has 5 nitrogen and oxygen atoms in total. The lowest BCUT2D eigenvalue weighted by Crippen LogP contribution is -2.40. The van der Waals surface area contributed by atoms with E-state index in [4.69, 9.17) is 0 Å². The van der Waals surface area contributed by atoms with E-state index in [1.54, 1.807) is 18.2 Å². The van der Waals surface area contributed by atoms with Gasteiger partial charge in [-0.1, -0.05) is 48.5 Å². The third-order valence-electron chi connectivity index (χ3n) is 5.74. The maximum atomic E-state index is 12.9. The molecule has 1 aliphatic heterocycles. The summed E-state index contributed by atoms with van der Waals surface area (Å²) in [5, 5.41) is 5.84. The summed E-state index contributed by atoms with van der Waals surface area (Å²) >= 11 is 0. The molecule has 33 heavy (non-hydrogen) atoms. The van der Waals surface area contributed by atoms with Crippen LogP contribution in [-0.2, 0) is 19.5 Å². The molecule has 1 aliphatic rings. The Morgan fingerprint density at radius 2 is 1.52 bits per heavy atom. The zero-order chi connectivity index (χ0) is 23.4. The van der Waals surface area contributed by atoms with Crippen molar-refractivity contribution < 1.29 is 9.59 Å². The minimum absolute atomic E-state index is 0.211. The summed E-state index contributed by atoms with van der Waals surface area (Å²) in [4.78, 5) is 27.9. The molecule has 0 bridgehead atoms. The number of fused-ring (bicyclic) bond motifs is 1. The van der Waals surface area contributed by atoms with Crippen LogP contribution in [0.5, 0.6) is 0 Å². The van der Waals surface area contributed by atoms with Crippen LogP contribution in [0.25, 0.3) is 0 Å². The number of rotatable bonds is 5. The van der Waals surface area contributed by atoms with Crippen molar-refractivity contribution in [2.45, 2.75) is 45.8 Å². The van der Waals surface area contributed by atoms with Gasteiger partial charge in [0, 0.05) is 30.7 Å². The van der Waals surface area contributed by atoms with Crippen LogP contribution < -0.4 is 10.6 Å². The van der Waals surface area contributed by atoms with E-state index >= 15 is 0 Å². The molecule has 0 unspecified atom stereocenters. The maximum Gasteiger partial charge on any atom is 0.255 e. The first-order valence-electron chi connectivity index (χ1n) is 11.4. The van der Waals surface area contributed by atoms with E-state index < -0.39 is 0 Å². The van der Waals surface area contributed by atoms with Gasteiger partial charge in [0.2, 0.25) is 0 Å². The van der Waals surface area contributed by atoms with Crippen LogP contribution in [0.2, 0.25) is 0 Å². The Morgan fingerprint density at radius 1 is 0.848 bits per heavy atom. The molecule has 170 valence electrons. The van der Waals surface area contributed by atoms with Crippen LogP contribution in [-0.4, -0.2) is 28.8 Å². The Labute approximate surface area is 195 Å². The van der Waals surface area contributed by atoms with Gasteiger partial charge >= 0.3 is 0 Å². The van der Waals surface area contributed by atoms with Gasteiger partial charge in [0.25, 0.3) is 11.8 Å². The number of hydrogen-bond acceptors (Lipinski definition) is 3. The molecule has 2 N–H and O–H groups in total. The molecule has 3 aromatic carbocycles. The molecule has 0 fully saturated rings. The second kappa shape index (κ2) is 9.59. The summed E-state index contributed by atoms with van der Waals surface area (Å²) in [6, 6.07) is 23.4. The van der Waals surface area contributed by atoms with E-state index in [0.717, 1.165) is 26.1 Å². The molecule has 0 saturated carbocycles. The number of nitrogens with one attached hydrogen (secondary N) is 2. The average molecular weight is 442 g/mol. The predicted molar refractivity (Wildman–Crippen MR) is 132 cm³/mol. The highest BCUT2D eigenvalue weighted by Crippen LogP contribution is 2.21. The minimum atomic E-state index is -0.361. The molecular formula is C28H31N3O2. The summed E-state index contributed by atoms with van der Waals surface area (Å²) in [7, 11) is 0. The number of anilines is 1. The maximum absolute atomic E-state index is 12.9. The number of carbonyl (C=O) groups excluding carboxylic acids is 2. The van der Waals surface area contributed by atoms with Gasteiger partial charge in [-0.25, -0.2) is 0 Å². The third-order valence-corrected chi connectivity index (χ3v) is 5.74. The lowest BCUT2D eigenvalue weighted by Gasteiger charge is -2.28. The molecule has 0 spiro atoms. The van der Waals surface area contributed by atoms with Crippen molar-refractivity contribution in [3.8, 4) is 0 Å². The molecule has 4 rings (SSSR count). The van der Waals surface area contributed by atoms with Crippen molar-refractivity contribution in [3.63, 3.8) is 0 Å². The van der Waals surface area contributed by atoms with Crippen LogP contribution in [0, 0.1) is 0 Å². The lowest BCUT2D eigenvalue weighted by molar-refractivity contribution is 0.0920. The molecule has 0 aliphatic carbocycles. The number of carbonyl (C=O) groups is 2. The predicted octanol–water partition coefficient (Wildman–Crippen LogP) is 5.03. The lowest BCUT2D eigenvalue weighted by atomic mass is 9.99. The highest BCUT2D eigenvalue weighted by Gasteiger charge is 2.19. The summed E-state index contributed by atoms with van der Waals surface area (Å²) in [6.45, 7) is 8.62. The number of amides is 2. The van der Waals surface area contributed by atoms with Crippen molar-refractivity contribution in [1.82, 2.24) is 10.2 Å². The highest BCUT2D eigenvalue weighted by molar-refractivity contribution is 6.09. The smallest absolute Gasteiger partial charge is 0.255 e. The van der Waals surface area contributed by atoms with Crippen LogP contribution in [0.3, 0.4) is 0 Å². The number of para-hydroxylation sites is 1. The zero-order valence-corrected chi connectivity index (χ0v) is 19.5. The molecule has 1 heterocycles. The molecule has 0 saturated heterocycles. The van der Waals surface area contributed by atoms with Crippen molar-refractivity contribution in [2.75, 3.05) is 11.9 Å². The third kappa shape index (κ3) is 5.88. The molecular weight excluding hydrogens is 410 g/mol. The fraction of sp³-hybridized carbons (Fsp3) is 0.286. The van der Waals surface area contributed by atoms with Crippen LogP contribution in [0.4, 0.5) is 5.69 Å². The monoisotopic (exact) mass is 441 g/mol. The van der Waals surface area contributed by atoms with Crippen LogP contribution >= 0.6 is 0 Å². The zero-order valence-electron chi connectivity index (χ0n) is 19.5. The first kappa shape index (κ1) is 22.7. The molecule has 5 heteroatoms. The minimum Gasteiger partial charge on any atom is -0.347 e. The van der Waals surface area contributed by atoms with Crippen molar-refractivity contribution in [2.24, 2.45) is 0 Å². The van der Waals surface area contributed by atoms with Crippen molar-refractivity contribution >= 4 is 17.5 Å². The fourth-order valence-electron chi connectivity index (χ4n) is 4.10. The molecule has 0 radical (unpaired) electrons. The van der Waals surface area contributed by atoms with Gasteiger partial charge in [0.15, 0.2) is 0 Å². The summed E-state index contributed by atoms with van der Waals surface area (Å²) in [6.07, 6.45) is 1.07. The first-order chi connectivity index (χ1) is 15.8. The Balaban J connectivity index is 1.40. The number of nitrogens with zero attached hydrogens (tertiary/aromatic N) is 1. The standard InChI is InChI=1S/C28H31N3O2/c1-28(2,3)30-27(33)24-10-6-7-11-25(24)29-26(32)22-14-12-20(13-15-22)18-31-17-16-21-8-4-5-9-23(21)19-31/h4-15H,16-19H2,1-3H3,(H,29,32)(H,30,33). The summed E-state index contributed by atoms with van der Waals surface area (Å²) in [5.41, 5.74) is 5.17. The average Bonchev–Trinajstić information content (AvgIpc) is 2.78. The Bertz CT molecular complexity index is 1150. The second-order valence-corrected chi connectivity index (χ2v) is 9.63. The molecule has 0 aromatic heterocycles. The van der Waals surface area contributed by atoms with Crippen LogP contribution in [0.1, 0.15) is 58.2 Å². The molecule has 2 amide bonds. The van der Waals surface area contributed by atoms with Crippen molar-refractivity contribution in [1.29, 1.82) is 0 Å². The second-order valence-electron chi connectivity index (χ2n) is 9.63. The van der Waals surface area contributed by atoms with E-state index in [-0.39, 0.29) is 17.4 Å². The van der Waals surface area contributed by atoms with E-state index in [9.17, 15) is 9.59 Å². The van der Waals surface area contributed by atoms with Gasteiger partial charge in [-0.2, -0.15) is 0 Å². The quantitative estimate of drug-likeness (QED) is 0.584. The van der Waals surface area contributed by atoms with Crippen molar-refractivity contribution in [3.05, 3.63) is 101 Å². The fourth-order valence-corrected chi connectivity index (χ4v) is 4.10. The van der Waals surface area contributed by atoms with Gasteiger partial charge in [-0.15, -0.1) is 0 Å². The van der Waals surface area contributed by atoms with E-state index in [2.05, 4.69) is 39.8 Å². The topological polar surface area (TPSA) is 61.4 Å². The summed E-state index contributed by atoms with van der Waals surface area (Å²) < 4.78 is 0. The number of benzene rings is 3. The Hall–Kier alpha value is -3.44. The van der Waals surface area contributed by atoms with Gasteiger partial charge in [-0.05, 0) is 68.1 Å². The van der Waals surface area contributed by atoms with Gasteiger partial charge < -0.3 is 10.6 Å². The molecule has 0 atom stereocenters.